The molecular weight excluding hydrogens is 543 g/mol. The number of aromatic amines is 1. The number of aromatic nitrogens is 4. The van der Waals surface area contributed by atoms with Gasteiger partial charge in [-0.2, -0.15) is 0 Å². The minimum Gasteiger partial charge on any atom is -0.378 e. The van der Waals surface area contributed by atoms with Crippen LogP contribution in [0.1, 0.15) is 25.5 Å². The molecule has 12 nitrogen and oxygen atoms in total. The molecule has 1 amide bonds. The van der Waals surface area contributed by atoms with E-state index in [1.807, 2.05) is 13.1 Å². The van der Waals surface area contributed by atoms with E-state index < -0.39 is 11.7 Å². The van der Waals surface area contributed by atoms with Gasteiger partial charge in [0.15, 0.2) is 5.82 Å². The van der Waals surface area contributed by atoms with Gasteiger partial charge < -0.3 is 29.4 Å². The first-order chi connectivity index (χ1) is 20.5. The summed E-state index contributed by atoms with van der Waals surface area (Å²) in [5.41, 5.74) is 1.72. The number of ether oxygens (including phenoxy) is 3. The van der Waals surface area contributed by atoms with Gasteiger partial charge in [0.25, 0.3) is 0 Å². The number of carbonyl (C=O) groups excluding carboxylic acids is 1. The third-order valence-corrected chi connectivity index (χ3v) is 7.58. The zero-order valence-electron chi connectivity index (χ0n) is 23.6. The fourth-order valence-electron chi connectivity index (χ4n) is 5.20. The highest BCUT2D eigenvalue weighted by Gasteiger charge is 2.43. The molecule has 222 valence electrons. The zero-order valence-corrected chi connectivity index (χ0v) is 23.6. The van der Waals surface area contributed by atoms with Gasteiger partial charge in [-0.25, -0.2) is 19.3 Å². The van der Waals surface area contributed by atoms with Crippen LogP contribution in [0.5, 0.6) is 0 Å². The van der Waals surface area contributed by atoms with Crippen molar-refractivity contribution in [3.8, 4) is 22.6 Å². The van der Waals surface area contributed by atoms with E-state index >= 15 is 0 Å². The summed E-state index contributed by atoms with van der Waals surface area (Å²) in [7, 11) is 0. The van der Waals surface area contributed by atoms with Crippen LogP contribution in [0.3, 0.4) is 0 Å². The van der Waals surface area contributed by atoms with Crippen LogP contribution in [0.25, 0.3) is 22.6 Å². The number of amides is 1. The molecule has 5 heterocycles. The summed E-state index contributed by atoms with van der Waals surface area (Å²) < 4.78 is 31.3. The van der Waals surface area contributed by atoms with Crippen LogP contribution < -0.4 is 5.32 Å². The monoisotopic (exact) mass is 578 g/mol. The van der Waals surface area contributed by atoms with E-state index in [0.717, 1.165) is 26.2 Å². The highest BCUT2D eigenvalue weighted by atomic mass is 19.1. The minimum atomic E-state index is -0.808. The van der Waals surface area contributed by atoms with E-state index in [2.05, 4.69) is 25.2 Å². The molecule has 2 N–H and O–H groups in total. The summed E-state index contributed by atoms with van der Waals surface area (Å²) in [6, 6.07) is 7.91. The molecule has 3 aliphatic rings. The Morgan fingerprint density at radius 3 is 2.67 bits per heavy atom. The van der Waals surface area contributed by atoms with Gasteiger partial charge in [-0.1, -0.05) is 0 Å². The summed E-state index contributed by atoms with van der Waals surface area (Å²) in [5, 5.41) is 3.30. The molecule has 0 spiro atoms. The van der Waals surface area contributed by atoms with Crippen molar-refractivity contribution >= 4 is 18.1 Å². The number of benzene rings is 1. The summed E-state index contributed by atoms with van der Waals surface area (Å²) in [6.45, 7) is 7.68. The first-order valence-corrected chi connectivity index (χ1v) is 14.2. The molecule has 13 heteroatoms. The quantitative estimate of drug-likeness (QED) is 0.368. The fraction of sp³-hybridized carbons (Fsp3) is 0.483. The number of carbonyl (C=O) groups is 1. The van der Waals surface area contributed by atoms with Gasteiger partial charge in [0.1, 0.15) is 5.82 Å². The number of nitrogens with one attached hydrogen (secondary N) is 2. The Balaban J connectivity index is 1.19. The molecule has 0 radical (unpaired) electrons. The molecule has 3 aliphatic heterocycles. The second-order valence-electron chi connectivity index (χ2n) is 10.9. The van der Waals surface area contributed by atoms with Crippen LogP contribution in [0.2, 0.25) is 0 Å². The van der Waals surface area contributed by atoms with Gasteiger partial charge >= 0.3 is 0 Å². The van der Waals surface area contributed by atoms with E-state index in [-0.39, 0.29) is 24.9 Å². The molecule has 42 heavy (non-hydrogen) atoms. The third kappa shape index (κ3) is 6.33. The Morgan fingerprint density at radius 1 is 1.14 bits per heavy atom. The summed E-state index contributed by atoms with van der Waals surface area (Å²) in [4.78, 5) is 38.7. The first kappa shape index (κ1) is 28.3. The lowest BCUT2D eigenvalue weighted by molar-refractivity contribution is -0.235. The van der Waals surface area contributed by atoms with Gasteiger partial charge in [0, 0.05) is 50.7 Å². The largest absolute Gasteiger partial charge is 0.378 e. The molecule has 2 aromatic heterocycles. The van der Waals surface area contributed by atoms with E-state index in [1.54, 1.807) is 29.3 Å². The lowest BCUT2D eigenvalue weighted by Gasteiger charge is -2.39. The molecule has 0 saturated carbocycles. The number of H-pyrrole nitrogens is 1. The molecule has 0 aliphatic carbocycles. The number of hydrogen-bond donors (Lipinski definition) is 2. The highest BCUT2D eigenvalue weighted by molar-refractivity contribution is 5.83. The molecule has 2 fully saturated rings. The predicted molar refractivity (Wildman–Crippen MR) is 153 cm³/mol. The summed E-state index contributed by atoms with van der Waals surface area (Å²) in [5.74, 6) is 0.583. The predicted octanol–water partition coefficient (Wildman–Crippen LogP) is 2.73. The maximum absolute atomic E-state index is 13.7. The second kappa shape index (κ2) is 12.6. The Hall–Kier alpha value is -3.78. The molecule has 3 aromatic rings. The van der Waals surface area contributed by atoms with Crippen LogP contribution >= 0.6 is 0 Å². The van der Waals surface area contributed by atoms with Crippen molar-refractivity contribution in [3.05, 3.63) is 48.2 Å². The number of hydrogen-bond acceptors (Lipinski definition) is 10. The van der Waals surface area contributed by atoms with Gasteiger partial charge in [-0.05, 0) is 43.7 Å². The lowest BCUT2D eigenvalue weighted by atomic mass is 9.90. The Kier molecular flexibility index (Phi) is 8.51. The van der Waals surface area contributed by atoms with Gasteiger partial charge in [0.2, 0.25) is 18.1 Å². The minimum absolute atomic E-state index is 0.00818. The summed E-state index contributed by atoms with van der Waals surface area (Å²) >= 11 is 0. The van der Waals surface area contributed by atoms with E-state index in [0.29, 0.717) is 67.3 Å². The molecule has 0 unspecified atom stereocenters. The summed E-state index contributed by atoms with van der Waals surface area (Å²) in [6.07, 6.45) is 3.74. The van der Waals surface area contributed by atoms with Crippen molar-refractivity contribution < 1.29 is 23.4 Å². The number of anilines is 1. The first-order valence-electron chi connectivity index (χ1n) is 14.2. The van der Waals surface area contributed by atoms with Gasteiger partial charge in [-0.15, -0.1) is 0 Å². The average molecular weight is 579 g/mol. The Morgan fingerprint density at radius 2 is 1.93 bits per heavy atom. The maximum atomic E-state index is 13.7. The maximum Gasteiger partial charge on any atom is 0.233 e. The normalized spacial score (nSPS) is 22.9. The second-order valence-corrected chi connectivity index (χ2v) is 10.9. The number of nitrogens with zero attached hydrogens (tertiary/aromatic N) is 6. The number of imidazole rings is 1. The van der Waals surface area contributed by atoms with Crippen LogP contribution in [0.15, 0.2) is 41.5 Å². The SMILES string of the molecule is CC1(C(=O)N2CCOCC2)COC(c2nc(-c3ccc(F)cc3)c(-c3ccnc(NCCCN4CC=NC4)n3)[nH]2)OC1. The molecule has 0 atom stereocenters. The Bertz CT molecular complexity index is 1390. The molecule has 1 aromatic carbocycles. The number of morpholine rings is 1. The van der Waals surface area contributed by atoms with Crippen molar-refractivity contribution in [1.82, 2.24) is 29.7 Å². The average Bonchev–Trinajstić information content (AvgIpc) is 3.71. The van der Waals surface area contributed by atoms with Crippen LogP contribution in [0, 0.1) is 11.2 Å². The number of rotatable bonds is 9. The van der Waals surface area contributed by atoms with Crippen LogP contribution in [-0.2, 0) is 19.0 Å². The van der Waals surface area contributed by atoms with E-state index in [9.17, 15) is 9.18 Å². The van der Waals surface area contributed by atoms with Crippen molar-refractivity contribution in [2.75, 3.05) is 71.1 Å². The van der Waals surface area contributed by atoms with Crippen molar-refractivity contribution in [2.45, 2.75) is 19.6 Å². The van der Waals surface area contributed by atoms with Crippen molar-refractivity contribution in [1.29, 1.82) is 0 Å². The van der Waals surface area contributed by atoms with E-state index in [1.165, 1.54) is 12.1 Å². The topological polar surface area (TPSA) is 130 Å². The molecule has 6 rings (SSSR count). The number of aliphatic imine (C=N–C) groups is 1. The Labute approximate surface area is 243 Å². The molecule has 2 saturated heterocycles. The molecular formula is C29H35FN8O4. The van der Waals surface area contributed by atoms with Crippen molar-refractivity contribution in [2.24, 2.45) is 10.4 Å². The van der Waals surface area contributed by atoms with Crippen molar-refractivity contribution in [3.63, 3.8) is 0 Å². The van der Waals surface area contributed by atoms with Crippen LogP contribution in [0.4, 0.5) is 10.3 Å². The highest BCUT2D eigenvalue weighted by Crippen LogP contribution is 2.36. The zero-order chi connectivity index (χ0) is 28.9. The lowest BCUT2D eigenvalue weighted by Crippen LogP contribution is -2.53. The van der Waals surface area contributed by atoms with Gasteiger partial charge in [0.05, 0.1) is 55.6 Å². The van der Waals surface area contributed by atoms with Gasteiger partial charge in [-0.3, -0.25) is 14.7 Å². The number of halogens is 1. The smallest absolute Gasteiger partial charge is 0.233 e. The van der Waals surface area contributed by atoms with E-state index in [4.69, 9.17) is 24.2 Å². The molecule has 0 bridgehead atoms. The standard InChI is InChI=1S/C29H35FN8O4/c1-29(27(39)38-13-15-40-16-14-38)17-41-26(42-18-29)25-35-23(20-3-5-21(30)6-4-20)24(36-25)22-7-9-33-28(34-22)32-8-2-11-37-12-10-31-19-37/h3-7,9-10,26H,2,8,11-19H2,1H3,(H,35,36)(H,32,33,34). The fourth-order valence-corrected chi connectivity index (χ4v) is 5.20. The third-order valence-electron chi connectivity index (χ3n) is 7.58. The van der Waals surface area contributed by atoms with Crippen LogP contribution in [-0.4, -0.2) is 108 Å².